The quantitative estimate of drug-likeness (QED) is 0.186. The van der Waals surface area contributed by atoms with Crippen molar-refractivity contribution in [2.75, 3.05) is 0 Å². The van der Waals surface area contributed by atoms with E-state index < -0.39 is 0 Å². The van der Waals surface area contributed by atoms with E-state index in [1.807, 2.05) is 31.2 Å². The van der Waals surface area contributed by atoms with Gasteiger partial charge in [-0.05, 0) is 144 Å². The van der Waals surface area contributed by atoms with Gasteiger partial charge in [0, 0.05) is 0 Å². The molecule has 0 aliphatic rings. The Morgan fingerprint density at radius 3 is 1.34 bits per heavy atom. The zero-order valence-electron chi connectivity index (χ0n) is 32.7. The zero-order chi connectivity index (χ0) is 37.0. The molecule has 0 spiro atoms. The molecule has 0 heterocycles. The Morgan fingerprint density at radius 2 is 0.880 bits per heavy atom. The highest BCUT2D eigenvalue weighted by atomic mass is 19.1. The van der Waals surface area contributed by atoms with E-state index >= 15 is 0 Å². The van der Waals surface area contributed by atoms with Gasteiger partial charge in [0.05, 0.1) is 11.6 Å². The van der Waals surface area contributed by atoms with Crippen molar-refractivity contribution in [3.05, 3.63) is 152 Å². The molecule has 0 saturated heterocycles. The van der Waals surface area contributed by atoms with Crippen LogP contribution in [0, 0.1) is 58.7 Å². The van der Waals surface area contributed by atoms with Gasteiger partial charge in [-0.2, -0.15) is 5.26 Å². The maximum Gasteiger partial charge on any atom is 0.126 e. The Morgan fingerprint density at radius 1 is 0.460 bits per heavy atom. The lowest BCUT2D eigenvalue weighted by Gasteiger charge is -2.11. The normalized spacial score (nSPS) is 10.4. The van der Waals surface area contributed by atoms with Crippen molar-refractivity contribution in [2.24, 2.45) is 0 Å². The van der Waals surface area contributed by atoms with Crippen LogP contribution in [-0.4, -0.2) is 0 Å². The van der Waals surface area contributed by atoms with Crippen LogP contribution in [0.2, 0.25) is 0 Å². The van der Waals surface area contributed by atoms with Crippen LogP contribution in [-0.2, 0) is 0 Å². The molecule has 0 amide bonds. The highest BCUT2D eigenvalue weighted by molar-refractivity contribution is 5.84. The monoisotopic (exact) mass is 674 g/mol. The lowest BCUT2D eigenvalue weighted by molar-refractivity contribution is 0.613. The third-order valence-corrected chi connectivity index (χ3v) is 8.99. The van der Waals surface area contributed by atoms with E-state index in [-0.39, 0.29) is 13.2 Å². The fourth-order valence-electron chi connectivity index (χ4n) is 6.32. The first-order valence-corrected chi connectivity index (χ1v) is 17.8. The number of hydrogen-bond acceptors (Lipinski definition) is 1. The lowest BCUT2D eigenvalue weighted by Crippen LogP contribution is -1.95. The van der Waals surface area contributed by atoms with Gasteiger partial charge in [-0.15, -0.1) is 0 Å². The molecule has 2 heteroatoms. The van der Waals surface area contributed by atoms with Gasteiger partial charge in [0.25, 0.3) is 0 Å². The third-order valence-electron chi connectivity index (χ3n) is 8.99. The van der Waals surface area contributed by atoms with Crippen LogP contribution in [0.4, 0.5) is 4.39 Å². The number of nitriles is 1. The van der Waals surface area contributed by atoms with Crippen LogP contribution in [0.1, 0.15) is 148 Å². The van der Waals surface area contributed by atoms with Gasteiger partial charge in [0.1, 0.15) is 5.82 Å². The molecule has 0 atom stereocenters. The molecule has 0 unspecified atom stereocenters. The largest absolute Gasteiger partial charge is 0.207 e. The number of aryl methyl sites for hydroxylation is 6. The summed E-state index contributed by atoms with van der Waals surface area (Å²) in [6.45, 7) is 29.8. The maximum atomic E-state index is 13.1. The van der Waals surface area contributed by atoms with Crippen molar-refractivity contribution in [3.63, 3.8) is 0 Å². The zero-order valence-corrected chi connectivity index (χ0v) is 32.7. The predicted molar refractivity (Wildman–Crippen MR) is 219 cm³/mol. The molecule has 0 aliphatic heterocycles. The summed E-state index contributed by atoms with van der Waals surface area (Å²) in [4.78, 5) is 0. The number of halogens is 1. The minimum atomic E-state index is -0.0932. The van der Waals surface area contributed by atoms with E-state index in [9.17, 15) is 4.39 Å². The van der Waals surface area contributed by atoms with Crippen LogP contribution < -0.4 is 0 Å². The van der Waals surface area contributed by atoms with Crippen molar-refractivity contribution in [1.82, 2.24) is 0 Å². The lowest BCUT2D eigenvalue weighted by atomic mass is 9.94. The number of benzene rings is 5. The van der Waals surface area contributed by atoms with Crippen molar-refractivity contribution in [1.29, 1.82) is 5.26 Å². The Hall–Kier alpha value is -4.22. The number of hydrogen-bond donors (Lipinski definition) is 0. The first-order chi connectivity index (χ1) is 23.0. The van der Waals surface area contributed by atoms with E-state index in [1.54, 1.807) is 13.0 Å². The molecule has 0 aromatic heterocycles. The Balaban J connectivity index is 0.000000333. The van der Waals surface area contributed by atoms with Crippen LogP contribution in [0.15, 0.2) is 84.9 Å². The number of nitrogens with zero attached hydrogens (tertiary/aromatic N) is 1. The Kier molecular flexibility index (Phi) is 17.9. The summed E-state index contributed by atoms with van der Waals surface area (Å²) in [5.74, 6) is 2.11. The second kappa shape index (κ2) is 20.5. The van der Waals surface area contributed by atoms with Gasteiger partial charge in [-0.3, -0.25) is 0 Å². The fourth-order valence-corrected chi connectivity index (χ4v) is 6.32. The molecular formula is C48H64FN. The van der Waals surface area contributed by atoms with Gasteiger partial charge < -0.3 is 0 Å². The molecule has 0 bridgehead atoms. The number of fused-ring (bicyclic) bond motifs is 1. The Bertz CT molecular complexity index is 1850. The molecule has 0 aliphatic carbocycles. The minimum absolute atomic E-state index is 0. The van der Waals surface area contributed by atoms with Crippen LogP contribution in [0.25, 0.3) is 10.8 Å². The van der Waals surface area contributed by atoms with Gasteiger partial charge in [-0.25, -0.2) is 4.39 Å². The highest BCUT2D eigenvalue weighted by Gasteiger charge is 2.07. The molecule has 5 aromatic carbocycles. The summed E-state index contributed by atoms with van der Waals surface area (Å²) in [7, 11) is 0. The van der Waals surface area contributed by atoms with E-state index in [0.717, 1.165) is 16.7 Å². The summed E-state index contributed by atoms with van der Waals surface area (Å²) in [6.07, 6.45) is 0. The van der Waals surface area contributed by atoms with Gasteiger partial charge in [-0.1, -0.05) is 135 Å². The van der Waals surface area contributed by atoms with Gasteiger partial charge in [0.15, 0.2) is 0 Å². The SMILES string of the molecule is C.Cc1cc(C#N)ccc1C(C)C.Cc1cc(C)c(C(C)C)cc1F.Cc1cc2ccccc2cc1C(C)C.Cc1ccc(C(C)C)c(C)c1. The van der Waals surface area contributed by atoms with Gasteiger partial charge in [0.2, 0.25) is 0 Å². The average molecular weight is 674 g/mol. The maximum absolute atomic E-state index is 13.1. The van der Waals surface area contributed by atoms with E-state index in [0.29, 0.717) is 23.7 Å². The molecule has 5 rings (SSSR count). The molecular weight excluding hydrogens is 610 g/mol. The first-order valence-electron chi connectivity index (χ1n) is 17.8. The molecule has 5 aromatic rings. The van der Waals surface area contributed by atoms with Crippen molar-refractivity contribution >= 4 is 10.8 Å². The molecule has 1 nitrogen and oxygen atoms in total. The summed E-state index contributed by atoms with van der Waals surface area (Å²) in [5, 5.41) is 11.3. The summed E-state index contributed by atoms with van der Waals surface area (Å²) >= 11 is 0. The van der Waals surface area contributed by atoms with Crippen LogP contribution in [0.3, 0.4) is 0 Å². The van der Waals surface area contributed by atoms with Crippen molar-refractivity contribution < 1.29 is 4.39 Å². The van der Waals surface area contributed by atoms with E-state index in [2.05, 4.69) is 144 Å². The van der Waals surface area contributed by atoms with E-state index in [4.69, 9.17) is 5.26 Å². The van der Waals surface area contributed by atoms with Gasteiger partial charge >= 0.3 is 0 Å². The molecule has 0 N–H and O–H groups in total. The standard InChI is InChI=1S/C14H16.C11H15F.C11H13N.C11H16.CH4/c1-10(2)14-9-13-7-5-4-6-12(13)8-11(14)3;1-7(2)10-6-11(12)9(4)5-8(10)3;1-8(2)11-5-4-10(7-12)6-9(11)3;1-8(2)11-6-5-9(3)7-10(11)4;/h4-10H,1-3H3;5-7H,1-4H3;4-6,8H,1-3H3;5-8H,1-4H3;1H4. The Labute approximate surface area is 305 Å². The predicted octanol–water partition coefficient (Wildman–Crippen LogP) is 14.9. The summed E-state index contributed by atoms with van der Waals surface area (Å²) in [6, 6.07) is 31.4. The van der Waals surface area contributed by atoms with Crippen LogP contribution in [0.5, 0.6) is 0 Å². The first kappa shape index (κ1) is 43.8. The molecule has 0 radical (unpaired) electrons. The molecule has 50 heavy (non-hydrogen) atoms. The summed E-state index contributed by atoms with van der Waals surface area (Å²) < 4.78 is 13.1. The average Bonchev–Trinajstić information content (AvgIpc) is 3.02. The van der Waals surface area contributed by atoms with E-state index in [1.165, 1.54) is 55.3 Å². The summed E-state index contributed by atoms with van der Waals surface area (Å²) in [5.41, 5.74) is 13.4. The third kappa shape index (κ3) is 12.9. The second-order valence-electron chi connectivity index (χ2n) is 14.7. The number of rotatable bonds is 4. The van der Waals surface area contributed by atoms with Crippen molar-refractivity contribution in [2.45, 2.75) is 128 Å². The molecule has 268 valence electrons. The van der Waals surface area contributed by atoms with Crippen LogP contribution >= 0.6 is 0 Å². The second-order valence-corrected chi connectivity index (χ2v) is 14.7. The molecule has 0 saturated carbocycles. The smallest absolute Gasteiger partial charge is 0.126 e. The van der Waals surface area contributed by atoms with Crippen molar-refractivity contribution in [3.8, 4) is 6.07 Å². The minimum Gasteiger partial charge on any atom is -0.207 e. The topological polar surface area (TPSA) is 23.8 Å². The fraction of sp³-hybridized carbons (Fsp3) is 0.396. The highest BCUT2D eigenvalue weighted by Crippen LogP contribution is 2.25. The molecule has 0 fully saturated rings.